The van der Waals surface area contributed by atoms with Gasteiger partial charge in [-0.05, 0) is 81.6 Å². The predicted octanol–water partition coefficient (Wildman–Crippen LogP) is 10.3. The van der Waals surface area contributed by atoms with Crippen molar-refractivity contribution < 1.29 is 43.0 Å². The van der Waals surface area contributed by atoms with Gasteiger partial charge in [0, 0.05) is 19.3 Å². The van der Waals surface area contributed by atoms with E-state index in [-0.39, 0.29) is 48.4 Å². The molecule has 0 heterocycles. The van der Waals surface area contributed by atoms with Crippen LogP contribution in [0.25, 0.3) is 0 Å². The number of esters is 3. The fraction of sp³-hybridized carbons (Fsp3) is 0.440. The van der Waals surface area contributed by atoms with Gasteiger partial charge in [-0.2, -0.15) is 0 Å². The van der Waals surface area contributed by atoms with Gasteiger partial charge in [0.05, 0.1) is 26.4 Å². The Morgan fingerprint density at radius 2 is 0.881 bits per heavy atom. The van der Waals surface area contributed by atoms with Crippen LogP contribution in [0.3, 0.4) is 0 Å². The highest BCUT2D eigenvalue weighted by molar-refractivity contribution is 6.02. The van der Waals surface area contributed by atoms with Gasteiger partial charge in [-0.15, -0.1) is 0 Å². The fourth-order valence-corrected chi connectivity index (χ4v) is 6.78. The SMILES string of the molecule is COC(=O)CCC(=O)OC1CC(C)(C)C(/C=C/C(C)=CC=CC(C)=C/C=C/C=C(C)C=CC=C(C)/C=C/C2=C(C)C(=O)C(OC(=O)CCC(C)=O)CC2(C)C)=C(C)C1=O. The van der Waals surface area contributed by atoms with Crippen LogP contribution in [-0.4, -0.2) is 54.6 Å². The van der Waals surface area contributed by atoms with Gasteiger partial charge < -0.3 is 19.0 Å². The summed E-state index contributed by atoms with van der Waals surface area (Å²) >= 11 is 0. The zero-order valence-corrected chi connectivity index (χ0v) is 37.2. The molecule has 0 aromatic carbocycles. The van der Waals surface area contributed by atoms with Gasteiger partial charge in [-0.3, -0.25) is 24.0 Å². The van der Waals surface area contributed by atoms with Crippen molar-refractivity contribution in [1.29, 1.82) is 0 Å². The number of Topliss-reactive ketones (excluding diaryl/α,β-unsaturated/α-hetero) is 3. The van der Waals surface area contributed by atoms with Gasteiger partial charge in [0.15, 0.2) is 23.8 Å². The molecule has 59 heavy (non-hydrogen) atoms. The molecular formula is C50H64O9. The van der Waals surface area contributed by atoms with Gasteiger partial charge in [-0.25, -0.2) is 0 Å². The van der Waals surface area contributed by atoms with Crippen LogP contribution >= 0.6 is 0 Å². The second-order valence-electron chi connectivity index (χ2n) is 16.6. The van der Waals surface area contributed by atoms with Crippen LogP contribution in [0.1, 0.15) is 115 Å². The number of carbonyl (C=O) groups excluding carboxylic acids is 6. The predicted molar refractivity (Wildman–Crippen MR) is 234 cm³/mol. The van der Waals surface area contributed by atoms with E-state index in [0.717, 1.165) is 33.4 Å². The molecule has 0 saturated carbocycles. The summed E-state index contributed by atoms with van der Waals surface area (Å²) in [5, 5.41) is 0. The van der Waals surface area contributed by atoms with E-state index >= 15 is 0 Å². The third-order valence-corrected chi connectivity index (χ3v) is 10.3. The molecule has 2 atom stereocenters. The van der Waals surface area contributed by atoms with Gasteiger partial charge in [0.2, 0.25) is 0 Å². The largest absolute Gasteiger partial charge is 0.469 e. The van der Waals surface area contributed by atoms with E-state index in [1.54, 1.807) is 13.8 Å². The molecule has 9 heteroatoms. The summed E-state index contributed by atoms with van der Waals surface area (Å²) in [6.45, 7) is 21.1. The summed E-state index contributed by atoms with van der Waals surface area (Å²) in [5.74, 6) is -2.14. The maximum atomic E-state index is 13.1. The Morgan fingerprint density at radius 3 is 1.25 bits per heavy atom. The lowest BCUT2D eigenvalue weighted by molar-refractivity contribution is -0.157. The van der Waals surface area contributed by atoms with Crippen molar-refractivity contribution in [1.82, 2.24) is 0 Å². The lowest BCUT2D eigenvalue weighted by Gasteiger charge is -2.36. The van der Waals surface area contributed by atoms with Crippen LogP contribution in [0, 0.1) is 10.8 Å². The first-order valence-corrected chi connectivity index (χ1v) is 20.1. The van der Waals surface area contributed by atoms with Gasteiger partial charge in [0.25, 0.3) is 0 Å². The first-order valence-electron chi connectivity index (χ1n) is 20.1. The second kappa shape index (κ2) is 23.2. The molecule has 0 aliphatic heterocycles. The van der Waals surface area contributed by atoms with E-state index in [1.165, 1.54) is 14.0 Å². The first-order chi connectivity index (χ1) is 27.6. The minimum atomic E-state index is -0.880. The number of methoxy groups -OCH3 is 1. The monoisotopic (exact) mass is 808 g/mol. The van der Waals surface area contributed by atoms with Crippen molar-refractivity contribution in [3.8, 4) is 0 Å². The van der Waals surface area contributed by atoms with Gasteiger partial charge in [-0.1, -0.05) is 135 Å². The van der Waals surface area contributed by atoms with Crippen molar-refractivity contribution in [2.24, 2.45) is 10.8 Å². The number of ketones is 3. The fourth-order valence-electron chi connectivity index (χ4n) is 6.78. The van der Waals surface area contributed by atoms with Crippen LogP contribution in [0.15, 0.2) is 130 Å². The van der Waals surface area contributed by atoms with Crippen LogP contribution in [0.4, 0.5) is 0 Å². The third-order valence-electron chi connectivity index (χ3n) is 10.3. The molecular weight excluding hydrogens is 745 g/mol. The average molecular weight is 809 g/mol. The average Bonchev–Trinajstić information content (AvgIpc) is 3.15. The Balaban J connectivity index is 1.97. The number of hydrogen-bond acceptors (Lipinski definition) is 9. The maximum absolute atomic E-state index is 13.1. The summed E-state index contributed by atoms with van der Waals surface area (Å²) in [6, 6.07) is 0. The summed E-state index contributed by atoms with van der Waals surface area (Å²) in [4.78, 5) is 73.2. The Hall–Kier alpha value is -5.44. The normalized spacial score (nSPS) is 20.9. The Bertz CT molecular complexity index is 1970. The first kappa shape index (κ1) is 49.7. The van der Waals surface area contributed by atoms with E-state index < -0.39 is 35.5 Å². The van der Waals surface area contributed by atoms with Crippen molar-refractivity contribution in [3.05, 3.63) is 130 Å². The Labute approximate surface area is 351 Å². The molecule has 9 nitrogen and oxygen atoms in total. The second-order valence-corrected chi connectivity index (χ2v) is 16.6. The molecule has 2 unspecified atom stereocenters. The van der Waals surface area contributed by atoms with Crippen molar-refractivity contribution >= 4 is 35.3 Å². The van der Waals surface area contributed by atoms with Crippen molar-refractivity contribution in [3.63, 3.8) is 0 Å². The third kappa shape index (κ3) is 16.8. The quantitative estimate of drug-likeness (QED) is 0.0754. The highest BCUT2D eigenvalue weighted by Gasteiger charge is 2.41. The number of rotatable bonds is 18. The molecule has 0 bridgehead atoms. The maximum Gasteiger partial charge on any atom is 0.307 e. The van der Waals surface area contributed by atoms with Crippen LogP contribution in [0.2, 0.25) is 0 Å². The lowest BCUT2D eigenvalue weighted by atomic mass is 9.71. The van der Waals surface area contributed by atoms with Crippen molar-refractivity contribution in [2.45, 2.75) is 127 Å². The molecule has 0 amide bonds. The number of allylic oxidation sites excluding steroid dienone is 20. The minimum absolute atomic E-state index is 0.0211. The Morgan fingerprint density at radius 1 is 0.542 bits per heavy atom. The summed E-state index contributed by atoms with van der Waals surface area (Å²) in [7, 11) is 1.26. The summed E-state index contributed by atoms with van der Waals surface area (Å²) in [5.41, 5.74) is 6.33. The zero-order valence-electron chi connectivity index (χ0n) is 37.2. The molecule has 0 N–H and O–H groups in total. The molecule has 0 radical (unpaired) electrons. The molecule has 0 aromatic rings. The zero-order chi connectivity index (χ0) is 44.5. The summed E-state index contributed by atoms with van der Waals surface area (Å²) in [6.07, 6.45) is 26.8. The van der Waals surface area contributed by atoms with Crippen LogP contribution in [0.5, 0.6) is 0 Å². The Kier molecular flexibility index (Phi) is 19.6. The van der Waals surface area contributed by atoms with Gasteiger partial charge in [0.1, 0.15) is 5.78 Å². The van der Waals surface area contributed by atoms with Crippen molar-refractivity contribution in [2.75, 3.05) is 7.11 Å². The van der Waals surface area contributed by atoms with E-state index in [9.17, 15) is 28.8 Å². The molecule has 0 aromatic heterocycles. The van der Waals surface area contributed by atoms with Gasteiger partial charge >= 0.3 is 17.9 Å². The summed E-state index contributed by atoms with van der Waals surface area (Å²) < 4.78 is 15.5. The smallest absolute Gasteiger partial charge is 0.307 e. The van der Waals surface area contributed by atoms with E-state index in [1.807, 2.05) is 140 Å². The number of ether oxygens (including phenoxy) is 3. The van der Waals surface area contributed by atoms with Crippen LogP contribution < -0.4 is 0 Å². The molecule has 2 rings (SSSR count). The minimum Gasteiger partial charge on any atom is -0.469 e. The topological polar surface area (TPSA) is 130 Å². The van der Waals surface area contributed by atoms with E-state index in [4.69, 9.17) is 9.47 Å². The highest BCUT2D eigenvalue weighted by atomic mass is 16.6. The van der Waals surface area contributed by atoms with Crippen LogP contribution in [-0.2, 0) is 43.0 Å². The number of carbonyl (C=O) groups is 6. The highest BCUT2D eigenvalue weighted by Crippen LogP contribution is 2.42. The van der Waals surface area contributed by atoms with E-state index in [2.05, 4.69) is 4.74 Å². The van der Waals surface area contributed by atoms with E-state index in [0.29, 0.717) is 24.0 Å². The molecule has 2 aliphatic carbocycles. The molecule has 2 aliphatic rings. The molecule has 0 spiro atoms. The molecule has 0 fully saturated rings. The lowest BCUT2D eigenvalue weighted by Crippen LogP contribution is -2.39. The molecule has 0 saturated heterocycles. The number of hydrogen-bond donors (Lipinski definition) is 0. The molecule has 318 valence electrons. The standard InChI is InChI=1S/C50H64O9/c1-33(19-15-21-35(3)23-26-40-38(6)47(55)42(31-49(40,8)9)58-45(53)28-25-37(5)51)17-13-14-18-34(2)20-16-22-36(4)24-27-41-39(7)48(56)43(32-50(41,10)11)59-46(54)30-29-44(52)57-12/h13-24,26-27,42-43H,25,28-32H2,1-12H3/b14-13+,19-15?,20-16?,26-23+,27-24+,33-17?,34-18?,35-21?,36-22?.